The van der Waals surface area contributed by atoms with E-state index >= 15 is 0 Å². The highest BCUT2D eigenvalue weighted by molar-refractivity contribution is 5.92. The Morgan fingerprint density at radius 3 is 2.43 bits per heavy atom. The number of benzene rings is 1. The summed E-state index contributed by atoms with van der Waals surface area (Å²) < 4.78 is 0. The molecule has 0 unspecified atom stereocenters. The quantitative estimate of drug-likeness (QED) is 0.652. The van der Waals surface area contributed by atoms with Crippen molar-refractivity contribution in [1.82, 2.24) is 10.2 Å². The average molecular weight is 287 g/mol. The summed E-state index contributed by atoms with van der Waals surface area (Å²) in [4.78, 5) is 24.9. The van der Waals surface area contributed by atoms with Gasteiger partial charge in [-0.05, 0) is 36.6 Å². The molecule has 2 rings (SSSR count). The van der Waals surface area contributed by atoms with Crippen LogP contribution in [0.2, 0.25) is 0 Å². The fourth-order valence-electron chi connectivity index (χ4n) is 2.37. The second-order valence-electron chi connectivity index (χ2n) is 5.29. The van der Waals surface area contributed by atoms with Gasteiger partial charge in [0.05, 0.1) is 0 Å². The molecule has 0 aliphatic carbocycles. The lowest BCUT2D eigenvalue weighted by molar-refractivity contribution is -0.129. The van der Waals surface area contributed by atoms with E-state index < -0.39 is 0 Å². The molecule has 1 aliphatic rings. The van der Waals surface area contributed by atoms with Crippen molar-refractivity contribution in [2.24, 2.45) is 0 Å². The normalized spacial score (nSPS) is 16.1. The minimum Gasteiger partial charge on any atom is -0.399 e. The molecule has 0 saturated carbocycles. The van der Waals surface area contributed by atoms with Crippen LogP contribution < -0.4 is 11.1 Å². The number of piperidine rings is 1. The summed E-state index contributed by atoms with van der Waals surface area (Å²) in [7, 11) is 0. The summed E-state index contributed by atoms with van der Waals surface area (Å²) in [6.07, 6.45) is 4.91. The third-order valence-electron chi connectivity index (χ3n) is 3.65. The van der Waals surface area contributed by atoms with Crippen LogP contribution in [-0.4, -0.2) is 35.8 Å². The molecule has 21 heavy (non-hydrogen) atoms. The maximum absolute atomic E-state index is 11.9. The third-order valence-corrected chi connectivity index (χ3v) is 3.65. The number of nitrogen functional groups attached to an aromatic ring is 1. The Balaban J connectivity index is 1.80. The Morgan fingerprint density at radius 2 is 1.86 bits per heavy atom. The van der Waals surface area contributed by atoms with Crippen LogP contribution in [0.25, 0.3) is 6.08 Å². The first-order chi connectivity index (χ1) is 10.0. The molecule has 1 saturated heterocycles. The van der Waals surface area contributed by atoms with Crippen LogP contribution in [0.1, 0.15) is 25.3 Å². The van der Waals surface area contributed by atoms with Crippen LogP contribution >= 0.6 is 0 Å². The molecule has 1 aromatic rings. The van der Waals surface area contributed by atoms with E-state index in [2.05, 4.69) is 5.32 Å². The second-order valence-corrected chi connectivity index (χ2v) is 5.29. The minimum absolute atomic E-state index is 0.100. The van der Waals surface area contributed by atoms with Gasteiger partial charge in [0.15, 0.2) is 0 Å². The van der Waals surface area contributed by atoms with Gasteiger partial charge in [0.2, 0.25) is 11.8 Å². The number of rotatable bonds is 3. The lowest BCUT2D eigenvalue weighted by Crippen LogP contribution is -2.45. The summed E-state index contributed by atoms with van der Waals surface area (Å²) in [6.45, 7) is 3.00. The molecule has 5 nitrogen and oxygen atoms in total. The molecule has 0 atom stereocenters. The number of carbonyl (C=O) groups excluding carboxylic acids is 2. The van der Waals surface area contributed by atoms with Gasteiger partial charge in [0.1, 0.15) is 0 Å². The van der Waals surface area contributed by atoms with Gasteiger partial charge >= 0.3 is 0 Å². The zero-order chi connectivity index (χ0) is 15.2. The monoisotopic (exact) mass is 287 g/mol. The number of carbonyl (C=O) groups is 2. The Kier molecular flexibility index (Phi) is 4.98. The largest absolute Gasteiger partial charge is 0.399 e. The van der Waals surface area contributed by atoms with Crippen LogP contribution in [0, 0.1) is 0 Å². The van der Waals surface area contributed by atoms with E-state index in [4.69, 9.17) is 5.73 Å². The summed E-state index contributed by atoms with van der Waals surface area (Å²) in [5, 5.41) is 2.97. The molecule has 1 aromatic carbocycles. The van der Waals surface area contributed by atoms with Crippen molar-refractivity contribution in [1.29, 1.82) is 0 Å². The van der Waals surface area contributed by atoms with E-state index in [0.29, 0.717) is 18.8 Å². The van der Waals surface area contributed by atoms with Gasteiger partial charge in [0.25, 0.3) is 0 Å². The van der Waals surface area contributed by atoms with E-state index in [1.807, 2.05) is 17.0 Å². The van der Waals surface area contributed by atoms with Crippen LogP contribution in [0.3, 0.4) is 0 Å². The van der Waals surface area contributed by atoms with E-state index in [0.717, 1.165) is 18.4 Å². The lowest BCUT2D eigenvalue weighted by atomic mass is 10.0. The Bertz CT molecular complexity index is 529. The molecular formula is C16H21N3O2. The van der Waals surface area contributed by atoms with Crippen molar-refractivity contribution in [3.05, 3.63) is 35.9 Å². The van der Waals surface area contributed by atoms with Crippen LogP contribution in [0.4, 0.5) is 5.69 Å². The molecule has 0 aromatic heterocycles. The minimum atomic E-state index is -0.104. The molecule has 0 bridgehead atoms. The highest BCUT2D eigenvalue weighted by Gasteiger charge is 2.21. The van der Waals surface area contributed by atoms with E-state index in [9.17, 15) is 9.59 Å². The zero-order valence-electron chi connectivity index (χ0n) is 12.2. The first-order valence-electron chi connectivity index (χ1n) is 7.14. The molecule has 0 radical (unpaired) electrons. The maximum Gasteiger partial charge on any atom is 0.244 e. The number of hydrogen-bond acceptors (Lipinski definition) is 3. The molecule has 5 heteroatoms. The molecule has 1 fully saturated rings. The number of anilines is 1. The lowest BCUT2D eigenvalue weighted by Gasteiger charge is -2.31. The first kappa shape index (κ1) is 15.1. The average Bonchev–Trinajstić information content (AvgIpc) is 2.47. The zero-order valence-corrected chi connectivity index (χ0v) is 12.2. The number of likely N-dealkylation sites (tertiary alicyclic amines) is 1. The third kappa shape index (κ3) is 4.63. The van der Waals surface area contributed by atoms with Gasteiger partial charge in [-0.25, -0.2) is 0 Å². The van der Waals surface area contributed by atoms with Crippen molar-refractivity contribution >= 4 is 23.6 Å². The Morgan fingerprint density at radius 1 is 1.24 bits per heavy atom. The van der Waals surface area contributed by atoms with Crippen molar-refractivity contribution in [3.8, 4) is 0 Å². The van der Waals surface area contributed by atoms with Gasteiger partial charge in [0, 0.05) is 37.8 Å². The highest BCUT2D eigenvalue weighted by atomic mass is 16.2. The van der Waals surface area contributed by atoms with Gasteiger partial charge in [-0.1, -0.05) is 12.1 Å². The summed E-state index contributed by atoms with van der Waals surface area (Å²) >= 11 is 0. The standard InChI is InChI=1S/C16H21N3O2/c1-12(20)19-10-8-15(9-11-19)18-16(21)7-4-13-2-5-14(17)6-3-13/h2-7,15H,8-11,17H2,1H3,(H,18,21)/b7-4+. The molecule has 1 aliphatic heterocycles. The number of nitrogens with zero attached hydrogens (tertiary/aromatic N) is 1. The van der Waals surface area contributed by atoms with Gasteiger partial charge in [-0.2, -0.15) is 0 Å². The Hall–Kier alpha value is -2.30. The fourth-order valence-corrected chi connectivity index (χ4v) is 2.37. The van der Waals surface area contributed by atoms with Crippen LogP contribution in [0.15, 0.2) is 30.3 Å². The molecule has 2 amide bonds. The maximum atomic E-state index is 11.9. The van der Waals surface area contributed by atoms with Gasteiger partial charge in [-0.15, -0.1) is 0 Å². The first-order valence-corrected chi connectivity index (χ1v) is 7.14. The van der Waals surface area contributed by atoms with E-state index in [1.54, 1.807) is 25.1 Å². The van der Waals surface area contributed by atoms with Crippen molar-refractivity contribution in [3.63, 3.8) is 0 Å². The Labute approximate surface area is 124 Å². The van der Waals surface area contributed by atoms with Crippen molar-refractivity contribution in [2.45, 2.75) is 25.8 Å². The molecule has 1 heterocycles. The second kappa shape index (κ2) is 6.92. The number of nitrogens with one attached hydrogen (secondary N) is 1. The molecule has 112 valence electrons. The van der Waals surface area contributed by atoms with Crippen molar-refractivity contribution < 1.29 is 9.59 Å². The van der Waals surface area contributed by atoms with Gasteiger partial charge in [-0.3, -0.25) is 9.59 Å². The summed E-state index contributed by atoms with van der Waals surface area (Å²) in [6, 6.07) is 7.48. The van der Waals surface area contributed by atoms with E-state index in [1.165, 1.54) is 6.08 Å². The number of hydrogen-bond donors (Lipinski definition) is 2. The van der Waals surface area contributed by atoms with E-state index in [-0.39, 0.29) is 17.9 Å². The highest BCUT2D eigenvalue weighted by Crippen LogP contribution is 2.11. The molecule has 0 spiro atoms. The molecule has 3 N–H and O–H groups in total. The predicted octanol–water partition coefficient (Wildman–Crippen LogP) is 1.41. The van der Waals surface area contributed by atoms with Crippen LogP contribution in [-0.2, 0) is 9.59 Å². The summed E-state index contributed by atoms with van der Waals surface area (Å²) in [5.74, 6) is -0.00359. The smallest absolute Gasteiger partial charge is 0.244 e. The van der Waals surface area contributed by atoms with Crippen molar-refractivity contribution in [2.75, 3.05) is 18.8 Å². The number of nitrogens with two attached hydrogens (primary N) is 1. The topological polar surface area (TPSA) is 75.4 Å². The fraction of sp³-hybridized carbons (Fsp3) is 0.375. The number of amides is 2. The molecular weight excluding hydrogens is 266 g/mol. The SMILES string of the molecule is CC(=O)N1CCC(NC(=O)/C=C/c2ccc(N)cc2)CC1. The predicted molar refractivity (Wildman–Crippen MR) is 83.3 cm³/mol. The van der Waals surface area contributed by atoms with Gasteiger partial charge < -0.3 is 16.0 Å². The summed E-state index contributed by atoms with van der Waals surface area (Å²) in [5.41, 5.74) is 7.25. The van der Waals surface area contributed by atoms with Crippen LogP contribution in [0.5, 0.6) is 0 Å².